The van der Waals surface area contributed by atoms with Gasteiger partial charge in [0.15, 0.2) is 0 Å². The van der Waals surface area contributed by atoms with Crippen LogP contribution >= 0.6 is 26.6 Å². The number of amides is 1. The van der Waals surface area contributed by atoms with Crippen molar-refractivity contribution in [2.24, 2.45) is 11.3 Å². The Morgan fingerprint density at radius 2 is 2.10 bits per heavy atom. The quantitative estimate of drug-likeness (QED) is 0.792. The molecule has 1 saturated carbocycles. The molecule has 1 aliphatic carbocycles. The molecule has 0 spiro atoms. The van der Waals surface area contributed by atoms with Gasteiger partial charge in [0.1, 0.15) is 10.7 Å². The predicted molar refractivity (Wildman–Crippen MR) is 81.4 cm³/mol. The summed E-state index contributed by atoms with van der Waals surface area (Å²) in [4.78, 5) is 11.6. The van der Waals surface area contributed by atoms with E-state index < -0.39 is 25.7 Å². The summed E-state index contributed by atoms with van der Waals surface area (Å²) >= 11 is 3.01. The molecule has 1 aromatic carbocycles. The number of hydrogen-bond donors (Lipinski definition) is 1. The smallest absolute Gasteiger partial charge is 0.262 e. The summed E-state index contributed by atoms with van der Waals surface area (Å²) in [6, 6.07) is 1.75. The normalized spacial score (nSPS) is 20.1. The maximum atomic E-state index is 13.5. The Bertz CT molecular complexity index is 706. The molecule has 1 amide bonds. The lowest BCUT2D eigenvalue weighted by Crippen LogP contribution is -2.27. The van der Waals surface area contributed by atoms with Gasteiger partial charge in [-0.3, -0.25) is 4.79 Å². The van der Waals surface area contributed by atoms with Crippen molar-refractivity contribution in [3.05, 3.63) is 28.0 Å². The van der Waals surface area contributed by atoms with Crippen LogP contribution in [0.5, 0.6) is 0 Å². The van der Waals surface area contributed by atoms with Crippen molar-refractivity contribution in [3.63, 3.8) is 0 Å². The summed E-state index contributed by atoms with van der Waals surface area (Å²) in [7, 11) is 1.09. The summed E-state index contributed by atoms with van der Waals surface area (Å²) in [6.45, 7) is 4.66. The van der Waals surface area contributed by atoms with Gasteiger partial charge < -0.3 is 5.32 Å². The first-order chi connectivity index (χ1) is 9.52. The number of halogens is 3. The van der Waals surface area contributed by atoms with E-state index in [-0.39, 0.29) is 15.5 Å². The van der Waals surface area contributed by atoms with Crippen molar-refractivity contribution in [1.29, 1.82) is 0 Å². The average molecular weight is 399 g/mol. The van der Waals surface area contributed by atoms with Crippen molar-refractivity contribution in [3.8, 4) is 0 Å². The summed E-state index contributed by atoms with van der Waals surface area (Å²) < 4.78 is 36.2. The van der Waals surface area contributed by atoms with Crippen molar-refractivity contribution >= 4 is 41.6 Å². The van der Waals surface area contributed by atoms with E-state index in [2.05, 4.69) is 35.1 Å². The highest BCUT2D eigenvalue weighted by Gasteiger charge is 2.45. The number of benzene rings is 1. The third-order valence-electron chi connectivity index (χ3n) is 3.74. The Labute approximate surface area is 135 Å². The molecule has 0 bridgehead atoms. The molecule has 4 nitrogen and oxygen atoms in total. The van der Waals surface area contributed by atoms with Crippen molar-refractivity contribution in [2.45, 2.75) is 25.2 Å². The Balaban J connectivity index is 2.23. The molecule has 0 aliphatic heterocycles. The van der Waals surface area contributed by atoms with E-state index in [9.17, 15) is 17.6 Å². The van der Waals surface area contributed by atoms with Crippen LogP contribution in [0.2, 0.25) is 0 Å². The van der Waals surface area contributed by atoms with Crippen molar-refractivity contribution in [2.75, 3.05) is 6.54 Å². The monoisotopic (exact) mass is 397 g/mol. The number of carbonyl (C=O) groups excluding carboxylic acids is 1. The zero-order chi connectivity index (χ0) is 16.0. The maximum absolute atomic E-state index is 13.5. The molecule has 116 valence electrons. The molecular formula is C13H14BrClFNO3S. The van der Waals surface area contributed by atoms with Crippen LogP contribution in [0.25, 0.3) is 0 Å². The van der Waals surface area contributed by atoms with Gasteiger partial charge >= 0.3 is 0 Å². The summed E-state index contributed by atoms with van der Waals surface area (Å²) in [5, 5.41) is 2.69. The van der Waals surface area contributed by atoms with Gasteiger partial charge in [-0.05, 0) is 45.8 Å². The lowest BCUT2D eigenvalue weighted by molar-refractivity contribution is 0.0949. The largest absolute Gasteiger partial charge is 0.352 e. The summed E-state index contributed by atoms with van der Waals surface area (Å²) in [6.07, 6.45) is 1.01. The van der Waals surface area contributed by atoms with Crippen LogP contribution in [0.1, 0.15) is 30.6 Å². The van der Waals surface area contributed by atoms with Crippen LogP contribution in [0, 0.1) is 17.2 Å². The Kier molecular flexibility index (Phi) is 4.39. The van der Waals surface area contributed by atoms with E-state index in [0.717, 1.165) is 18.6 Å². The Morgan fingerprint density at radius 1 is 1.52 bits per heavy atom. The average Bonchev–Trinajstić information content (AvgIpc) is 2.95. The molecule has 1 N–H and O–H groups in total. The lowest BCUT2D eigenvalue weighted by Gasteiger charge is -2.10. The molecule has 0 aromatic heterocycles. The minimum absolute atomic E-state index is 0.0357. The first-order valence-corrected chi connectivity index (χ1v) is 9.34. The fourth-order valence-electron chi connectivity index (χ4n) is 2.14. The predicted octanol–water partition coefficient (Wildman–Crippen LogP) is 3.29. The highest BCUT2D eigenvalue weighted by Crippen LogP contribution is 2.51. The molecule has 1 atom stereocenters. The van der Waals surface area contributed by atoms with Crippen LogP contribution in [-0.4, -0.2) is 20.9 Å². The molecule has 1 aliphatic rings. The zero-order valence-electron chi connectivity index (χ0n) is 11.4. The van der Waals surface area contributed by atoms with E-state index in [1.807, 2.05) is 0 Å². The minimum atomic E-state index is -4.14. The molecular weight excluding hydrogens is 385 g/mol. The molecule has 1 unspecified atom stereocenters. The van der Waals surface area contributed by atoms with E-state index in [4.69, 9.17) is 10.7 Å². The molecule has 0 radical (unpaired) electrons. The third-order valence-corrected chi connectivity index (χ3v) is 6.20. The van der Waals surface area contributed by atoms with Crippen LogP contribution < -0.4 is 5.32 Å². The lowest BCUT2D eigenvalue weighted by atomic mass is 10.1. The van der Waals surface area contributed by atoms with Crippen LogP contribution in [0.15, 0.2) is 21.5 Å². The van der Waals surface area contributed by atoms with Gasteiger partial charge in [0.05, 0.1) is 10.0 Å². The second-order valence-corrected chi connectivity index (χ2v) is 9.13. The van der Waals surface area contributed by atoms with Crippen molar-refractivity contribution < 1.29 is 17.6 Å². The van der Waals surface area contributed by atoms with E-state index in [1.54, 1.807) is 0 Å². The molecule has 8 heteroatoms. The van der Waals surface area contributed by atoms with Gasteiger partial charge in [-0.2, -0.15) is 0 Å². The van der Waals surface area contributed by atoms with Gasteiger partial charge in [-0.15, -0.1) is 0 Å². The molecule has 2 rings (SSSR count). The second kappa shape index (κ2) is 5.52. The van der Waals surface area contributed by atoms with Gasteiger partial charge in [0, 0.05) is 17.2 Å². The molecule has 21 heavy (non-hydrogen) atoms. The first kappa shape index (κ1) is 16.7. The van der Waals surface area contributed by atoms with E-state index >= 15 is 0 Å². The first-order valence-electron chi connectivity index (χ1n) is 6.24. The maximum Gasteiger partial charge on any atom is 0.262 e. The van der Waals surface area contributed by atoms with Crippen molar-refractivity contribution in [1.82, 2.24) is 5.32 Å². The fraction of sp³-hybridized carbons (Fsp3) is 0.462. The minimum Gasteiger partial charge on any atom is -0.352 e. The Hall–Kier alpha value is -0.660. The van der Waals surface area contributed by atoms with E-state index in [0.29, 0.717) is 12.5 Å². The van der Waals surface area contributed by atoms with Gasteiger partial charge in [0.25, 0.3) is 15.0 Å². The summed E-state index contributed by atoms with van der Waals surface area (Å²) in [5.41, 5.74) is 0.115. The topological polar surface area (TPSA) is 63.2 Å². The van der Waals surface area contributed by atoms with Crippen LogP contribution in [0.4, 0.5) is 4.39 Å². The summed E-state index contributed by atoms with van der Waals surface area (Å²) in [5.74, 6) is -0.995. The van der Waals surface area contributed by atoms with Gasteiger partial charge in [-0.25, -0.2) is 12.8 Å². The highest BCUT2D eigenvalue weighted by molar-refractivity contribution is 9.10. The fourth-order valence-corrected chi connectivity index (χ4v) is 4.41. The zero-order valence-corrected chi connectivity index (χ0v) is 14.6. The SMILES string of the molecule is CC1(C)CC1CNC(=O)c1cc(F)cc(S(=O)(=O)Cl)c1Br. The van der Waals surface area contributed by atoms with E-state index in [1.165, 1.54) is 0 Å². The number of hydrogen-bond acceptors (Lipinski definition) is 3. The van der Waals surface area contributed by atoms with Gasteiger partial charge in [-0.1, -0.05) is 13.8 Å². The second-order valence-electron chi connectivity index (χ2n) is 5.80. The highest BCUT2D eigenvalue weighted by atomic mass is 79.9. The standard InChI is InChI=1S/C13H14BrClFNO3S/c1-13(2)5-7(13)6-17-12(18)9-3-8(16)4-10(11(9)14)21(15,19)20/h3-4,7H,5-6H2,1-2H3,(H,17,18). The third kappa shape index (κ3) is 3.76. The molecule has 1 aromatic rings. The number of rotatable bonds is 4. The molecule has 1 fully saturated rings. The molecule has 0 heterocycles. The Morgan fingerprint density at radius 3 is 2.57 bits per heavy atom. The van der Waals surface area contributed by atoms with Crippen LogP contribution in [0.3, 0.4) is 0 Å². The number of nitrogens with one attached hydrogen (secondary N) is 1. The van der Waals surface area contributed by atoms with Crippen LogP contribution in [-0.2, 0) is 9.05 Å². The number of carbonyl (C=O) groups is 1. The van der Waals surface area contributed by atoms with Gasteiger partial charge in [0.2, 0.25) is 0 Å². The molecule has 0 saturated heterocycles.